The summed E-state index contributed by atoms with van der Waals surface area (Å²) in [4.78, 5) is 29.1. The number of nitrogens with one attached hydrogen (secondary N) is 2. The van der Waals surface area contributed by atoms with Crippen LogP contribution in [0.4, 0.5) is 14.5 Å². The van der Waals surface area contributed by atoms with Crippen molar-refractivity contribution in [3.8, 4) is 10.6 Å². The Morgan fingerprint density at radius 3 is 2.46 bits per heavy atom. The number of carbonyl (C=O) groups excluding carboxylic acids is 2. The van der Waals surface area contributed by atoms with Crippen LogP contribution in [0.25, 0.3) is 10.6 Å². The van der Waals surface area contributed by atoms with Crippen molar-refractivity contribution in [1.29, 1.82) is 0 Å². The second-order valence-electron chi connectivity index (χ2n) is 6.01. The second kappa shape index (κ2) is 8.71. The summed E-state index contributed by atoms with van der Waals surface area (Å²) in [7, 11) is 0. The molecule has 0 fully saturated rings. The average molecular weight is 401 g/mol. The molecule has 0 saturated carbocycles. The highest BCUT2D eigenvalue weighted by molar-refractivity contribution is 7.15. The van der Waals surface area contributed by atoms with Gasteiger partial charge in [0, 0.05) is 29.1 Å². The molecule has 3 aromatic rings. The zero-order valence-electron chi connectivity index (χ0n) is 15.0. The fourth-order valence-electron chi connectivity index (χ4n) is 2.53. The van der Waals surface area contributed by atoms with Gasteiger partial charge in [-0.1, -0.05) is 18.2 Å². The monoisotopic (exact) mass is 401 g/mol. The molecule has 1 aromatic heterocycles. The van der Waals surface area contributed by atoms with Crippen LogP contribution in [-0.2, 0) is 16.0 Å². The Labute approximate surface area is 164 Å². The molecule has 3 rings (SSSR count). The summed E-state index contributed by atoms with van der Waals surface area (Å²) in [6, 6.07) is 11.5. The van der Waals surface area contributed by atoms with E-state index in [0.29, 0.717) is 17.0 Å². The number of nitrogens with zero attached hydrogens (tertiary/aromatic N) is 1. The minimum absolute atomic E-state index is 0.207. The number of hydrogen-bond acceptors (Lipinski definition) is 4. The summed E-state index contributed by atoms with van der Waals surface area (Å²) in [6.45, 7) is 2.08. The van der Waals surface area contributed by atoms with Gasteiger partial charge < -0.3 is 10.6 Å². The molecule has 0 saturated heterocycles. The summed E-state index contributed by atoms with van der Waals surface area (Å²) in [5.74, 6) is -2.51. The summed E-state index contributed by atoms with van der Waals surface area (Å²) < 4.78 is 26.5. The van der Waals surface area contributed by atoms with E-state index < -0.39 is 17.6 Å². The van der Waals surface area contributed by atoms with Crippen LogP contribution in [0.3, 0.4) is 0 Å². The van der Waals surface area contributed by atoms with E-state index in [-0.39, 0.29) is 18.0 Å². The van der Waals surface area contributed by atoms with E-state index in [0.717, 1.165) is 16.6 Å². The molecule has 0 radical (unpaired) electrons. The summed E-state index contributed by atoms with van der Waals surface area (Å²) in [6.07, 6.45) is 0.484. The quantitative estimate of drug-likeness (QED) is 0.641. The van der Waals surface area contributed by atoms with Crippen molar-refractivity contribution >= 4 is 28.8 Å². The average Bonchev–Trinajstić information content (AvgIpc) is 3.02. The van der Waals surface area contributed by atoms with E-state index in [9.17, 15) is 18.4 Å². The van der Waals surface area contributed by atoms with Crippen LogP contribution in [0, 0.1) is 18.6 Å². The number of rotatable bonds is 5. The van der Waals surface area contributed by atoms with Gasteiger partial charge in [-0.3, -0.25) is 9.59 Å². The minimum atomic E-state index is -0.868. The SMILES string of the molecule is Cc1nc(-c2cccc(F)c2)sc1CCNC(=O)C(=O)Nc1cccc(F)c1. The summed E-state index contributed by atoms with van der Waals surface area (Å²) in [5.41, 5.74) is 1.69. The molecule has 8 heteroatoms. The number of carbonyl (C=O) groups is 2. The number of amides is 2. The van der Waals surface area contributed by atoms with Crippen molar-refractivity contribution in [1.82, 2.24) is 10.3 Å². The van der Waals surface area contributed by atoms with Gasteiger partial charge >= 0.3 is 11.8 Å². The highest BCUT2D eigenvalue weighted by Gasteiger charge is 2.15. The van der Waals surface area contributed by atoms with E-state index in [1.54, 1.807) is 12.1 Å². The van der Waals surface area contributed by atoms with Crippen LogP contribution in [-0.4, -0.2) is 23.3 Å². The number of aromatic nitrogens is 1. The van der Waals surface area contributed by atoms with Crippen molar-refractivity contribution in [2.24, 2.45) is 0 Å². The first-order valence-electron chi connectivity index (χ1n) is 8.49. The lowest BCUT2D eigenvalue weighted by Gasteiger charge is -2.06. The molecule has 0 unspecified atom stereocenters. The first kappa shape index (κ1) is 19.6. The Morgan fingerprint density at radius 2 is 1.75 bits per heavy atom. The van der Waals surface area contributed by atoms with Gasteiger partial charge in [0.05, 0.1) is 5.69 Å². The van der Waals surface area contributed by atoms with E-state index >= 15 is 0 Å². The molecule has 0 bridgehead atoms. The van der Waals surface area contributed by atoms with Gasteiger partial charge in [0.25, 0.3) is 0 Å². The van der Waals surface area contributed by atoms with E-state index in [4.69, 9.17) is 0 Å². The molecule has 2 aromatic carbocycles. The van der Waals surface area contributed by atoms with Gasteiger partial charge in [-0.05, 0) is 37.3 Å². The Kier molecular flexibility index (Phi) is 6.10. The van der Waals surface area contributed by atoms with Crippen molar-refractivity contribution in [2.45, 2.75) is 13.3 Å². The molecule has 0 spiro atoms. The van der Waals surface area contributed by atoms with E-state index in [1.807, 2.05) is 6.92 Å². The smallest absolute Gasteiger partial charge is 0.313 e. The molecular formula is C20H17F2N3O2S. The maximum Gasteiger partial charge on any atom is 0.313 e. The maximum absolute atomic E-state index is 13.4. The van der Waals surface area contributed by atoms with Gasteiger partial charge in [0.1, 0.15) is 16.6 Å². The highest BCUT2D eigenvalue weighted by atomic mass is 32.1. The molecule has 0 aliphatic heterocycles. The molecule has 144 valence electrons. The molecule has 2 N–H and O–H groups in total. The Morgan fingerprint density at radius 1 is 1.04 bits per heavy atom. The van der Waals surface area contributed by atoms with E-state index in [2.05, 4.69) is 15.6 Å². The molecular weight excluding hydrogens is 384 g/mol. The van der Waals surface area contributed by atoms with Crippen LogP contribution >= 0.6 is 11.3 Å². The second-order valence-corrected chi connectivity index (χ2v) is 7.09. The Hall–Kier alpha value is -3.13. The van der Waals surface area contributed by atoms with Gasteiger partial charge in [0.2, 0.25) is 0 Å². The fraction of sp³-hybridized carbons (Fsp3) is 0.150. The third-order valence-corrected chi connectivity index (χ3v) is 5.16. The standard InChI is InChI=1S/C20H17F2N3O2S/c1-12-17(28-20(24-12)13-4-2-5-14(21)10-13)8-9-23-18(26)19(27)25-16-7-3-6-15(22)11-16/h2-7,10-11H,8-9H2,1H3,(H,23,26)(H,25,27). The van der Waals surface area contributed by atoms with Gasteiger partial charge in [-0.25, -0.2) is 13.8 Å². The van der Waals surface area contributed by atoms with Crippen molar-refractivity contribution in [3.63, 3.8) is 0 Å². The molecule has 0 aliphatic carbocycles. The number of halogens is 2. The molecule has 1 heterocycles. The molecule has 2 amide bonds. The summed E-state index contributed by atoms with van der Waals surface area (Å²) >= 11 is 1.41. The van der Waals surface area contributed by atoms with Crippen LogP contribution < -0.4 is 10.6 Å². The fourth-order valence-corrected chi connectivity index (χ4v) is 3.59. The molecule has 0 aliphatic rings. The first-order chi connectivity index (χ1) is 13.4. The minimum Gasteiger partial charge on any atom is -0.347 e. The molecule has 0 atom stereocenters. The van der Waals surface area contributed by atoms with Crippen molar-refractivity contribution < 1.29 is 18.4 Å². The van der Waals surface area contributed by atoms with Gasteiger partial charge in [-0.15, -0.1) is 11.3 Å². The number of thiazole rings is 1. The highest BCUT2D eigenvalue weighted by Crippen LogP contribution is 2.28. The predicted octanol–water partition coefficient (Wildman–Crippen LogP) is 3.69. The Balaban J connectivity index is 1.54. The number of aryl methyl sites for hydroxylation is 1. The predicted molar refractivity (Wildman–Crippen MR) is 104 cm³/mol. The van der Waals surface area contributed by atoms with Gasteiger partial charge in [-0.2, -0.15) is 0 Å². The van der Waals surface area contributed by atoms with Gasteiger partial charge in [0.15, 0.2) is 0 Å². The third-order valence-electron chi connectivity index (χ3n) is 3.89. The zero-order valence-corrected chi connectivity index (χ0v) is 15.8. The van der Waals surface area contributed by atoms with Crippen LogP contribution in [0.2, 0.25) is 0 Å². The summed E-state index contributed by atoms with van der Waals surface area (Å²) in [5, 5.41) is 5.56. The van der Waals surface area contributed by atoms with Crippen molar-refractivity contribution in [3.05, 3.63) is 70.7 Å². The molecule has 5 nitrogen and oxygen atoms in total. The van der Waals surface area contributed by atoms with Crippen LogP contribution in [0.5, 0.6) is 0 Å². The third kappa shape index (κ3) is 4.98. The molecule has 28 heavy (non-hydrogen) atoms. The number of hydrogen-bond donors (Lipinski definition) is 2. The normalized spacial score (nSPS) is 10.5. The lowest BCUT2D eigenvalue weighted by molar-refractivity contribution is -0.136. The van der Waals surface area contributed by atoms with Crippen molar-refractivity contribution in [2.75, 3.05) is 11.9 Å². The lowest BCUT2D eigenvalue weighted by Crippen LogP contribution is -2.36. The first-order valence-corrected chi connectivity index (χ1v) is 9.31. The lowest BCUT2D eigenvalue weighted by atomic mass is 10.2. The van der Waals surface area contributed by atoms with E-state index in [1.165, 1.54) is 41.7 Å². The maximum atomic E-state index is 13.4. The largest absolute Gasteiger partial charge is 0.347 e. The topological polar surface area (TPSA) is 71.1 Å². The zero-order chi connectivity index (χ0) is 20.1. The Bertz CT molecular complexity index is 1020. The number of benzene rings is 2. The number of anilines is 1. The van der Waals surface area contributed by atoms with Crippen LogP contribution in [0.1, 0.15) is 10.6 Å². The van der Waals surface area contributed by atoms with Crippen LogP contribution in [0.15, 0.2) is 48.5 Å².